The maximum absolute atomic E-state index is 13.4. The van der Waals surface area contributed by atoms with Gasteiger partial charge in [0.1, 0.15) is 5.82 Å². The number of hydrogen-bond acceptors (Lipinski definition) is 4. The van der Waals surface area contributed by atoms with Gasteiger partial charge in [0.15, 0.2) is 0 Å². The van der Waals surface area contributed by atoms with Crippen LogP contribution in [0, 0.1) is 5.82 Å². The van der Waals surface area contributed by atoms with Crippen molar-refractivity contribution in [2.24, 2.45) is 0 Å². The number of imide groups is 1. The molecule has 2 amide bonds. The highest BCUT2D eigenvalue weighted by atomic mass is 32.2. The molecule has 0 aromatic heterocycles. The third-order valence-electron chi connectivity index (χ3n) is 2.25. The summed E-state index contributed by atoms with van der Waals surface area (Å²) in [7, 11) is 0. The second-order valence-electron chi connectivity index (χ2n) is 3.39. The third-order valence-corrected chi connectivity index (χ3v) is 3.10. The fraction of sp³-hybridized carbons (Fsp3) is 0.200. The first-order valence-electron chi connectivity index (χ1n) is 4.59. The second-order valence-corrected chi connectivity index (χ2v) is 4.31. The first kappa shape index (κ1) is 10.9. The Morgan fingerprint density at radius 2 is 2.19 bits per heavy atom. The van der Waals surface area contributed by atoms with Crippen LogP contribution in [-0.2, 0) is 11.3 Å². The maximum Gasteiger partial charge on any atom is 0.289 e. The molecule has 0 saturated carbocycles. The number of carbonyl (C=O) groups excluding carboxylic acids is 2. The van der Waals surface area contributed by atoms with Gasteiger partial charge in [-0.05, 0) is 12.1 Å². The van der Waals surface area contributed by atoms with Crippen LogP contribution in [-0.4, -0.2) is 21.8 Å². The van der Waals surface area contributed by atoms with Crippen LogP contribution in [0.2, 0.25) is 0 Å². The van der Waals surface area contributed by atoms with Crippen LogP contribution in [0.5, 0.6) is 0 Å². The van der Waals surface area contributed by atoms with Crippen LogP contribution in [0.1, 0.15) is 5.56 Å². The lowest BCUT2D eigenvalue weighted by Crippen LogP contribution is -2.28. The quantitative estimate of drug-likeness (QED) is 0.797. The lowest BCUT2D eigenvalue weighted by atomic mass is 10.2. The molecule has 1 saturated heterocycles. The van der Waals surface area contributed by atoms with E-state index in [0.717, 1.165) is 16.7 Å². The van der Waals surface area contributed by atoms with Gasteiger partial charge in [0.25, 0.3) is 5.24 Å². The van der Waals surface area contributed by atoms with Crippen molar-refractivity contribution in [1.29, 1.82) is 0 Å². The van der Waals surface area contributed by atoms with Gasteiger partial charge in [0, 0.05) is 11.3 Å². The Kier molecular flexibility index (Phi) is 2.82. The van der Waals surface area contributed by atoms with Gasteiger partial charge < -0.3 is 5.73 Å². The van der Waals surface area contributed by atoms with Crippen molar-refractivity contribution >= 4 is 28.6 Å². The average molecular weight is 240 g/mol. The van der Waals surface area contributed by atoms with E-state index >= 15 is 0 Å². The summed E-state index contributed by atoms with van der Waals surface area (Å²) in [6.45, 7) is -0.0310. The van der Waals surface area contributed by atoms with E-state index in [0.29, 0.717) is 11.3 Å². The molecule has 0 aliphatic carbocycles. The summed E-state index contributed by atoms with van der Waals surface area (Å²) in [4.78, 5) is 23.6. The number of halogens is 1. The van der Waals surface area contributed by atoms with Crippen LogP contribution < -0.4 is 5.73 Å². The number of nitrogens with zero attached hydrogens (tertiary/aromatic N) is 1. The summed E-state index contributed by atoms with van der Waals surface area (Å²) in [5.74, 6) is -0.654. The van der Waals surface area contributed by atoms with Crippen molar-refractivity contribution in [2.75, 3.05) is 11.5 Å². The molecule has 0 atom stereocenters. The standard InChI is InChI=1S/C10H9FN2O2S/c11-8-3-7(12)2-1-6(8)4-13-9(14)5-16-10(13)15/h1-3H,4-5,12H2. The van der Waals surface area contributed by atoms with Crippen LogP contribution in [0.3, 0.4) is 0 Å². The van der Waals surface area contributed by atoms with E-state index in [2.05, 4.69) is 0 Å². The molecule has 1 aliphatic rings. The maximum atomic E-state index is 13.4. The highest BCUT2D eigenvalue weighted by Crippen LogP contribution is 2.22. The summed E-state index contributed by atoms with van der Waals surface area (Å²) < 4.78 is 13.4. The number of hydrogen-bond donors (Lipinski definition) is 1. The van der Waals surface area contributed by atoms with Crippen molar-refractivity contribution in [1.82, 2.24) is 4.90 Å². The van der Waals surface area contributed by atoms with E-state index in [4.69, 9.17) is 5.73 Å². The first-order chi connectivity index (χ1) is 7.58. The molecule has 2 N–H and O–H groups in total. The molecular formula is C10H9FN2O2S. The highest BCUT2D eigenvalue weighted by molar-refractivity contribution is 8.14. The number of benzene rings is 1. The van der Waals surface area contributed by atoms with Crippen molar-refractivity contribution in [3.63, 3.8) is 0 Å². The molecule has 4 nitrogen and oxygen atoms in total. The topological polar surface area (TPSA) is 63.4 Å². The van der Waals surface area contributed by atoms with Gasteiger partial charge in [-0.3, -0.25) is 14.5 Å². The normalized spacial score (nSPS) is 15.9. The molecule has 16 heavy (non-hydrogen) atoms. The zero-order chi connectivity index (χ0) is 11.7. The molecule has 84 valence electrons. The fourth-order valence-corrected chi connectivity index (χ4v) is 2.12. The minimum Gasteiger partial charge on any atom is -0.399 e. The molecule has 1 aromatic carbocycles. The van der Waals surface area contributed by atoms with Gasteiger partial charge in [-0.1, -0.05) is 17.8 Å². The molecule has 1 aliphatic heterocycles. The minimum atomic E-state index is -0.502. The lowest BCUT2D eigenvalue weighted by molar-refractivity contribution is -0.125. The summed E-state index contributed by atoms with van der Waals surface area (Å²) in [6.07, 6.45) is 0. The SMILES string of the molecule is Nc1ccc(CN2C(=O)CSC2=O)c(F)c1. The molecule has 0 spiro atoms. The molecule has 1 fully saturated rings. The molecule has 0 bridgehead atoms. The molecule has 2 rings (SSSR count). The summed E-state index contributed by atoms with van der Waals surface area (Å²) in [5, 5.41) is -0.332. The van der Waals surface area contributed by atoms with Gasteiger partial charge in [0.05, 0.1) is 12.3 Å². The van der Waals surface area contributed by atoms with Crippen molar-refractivity contribution < 1.29 is 14.0 Å². The Labute approximate surface area is 95.6 Å². The van der Waals surface area contributed by atoms with Gasteiger partial charge in [-0.25, -0.2) is 4.39 Å². The number of rotatable bonds is 2. The zero-order valence-electron chi connectivity index (χ0n) is 8.27. The van der Waals surface area contributed by atoms with E-state index in [-0.39, 0.29) is 23.4 Å². The number of carbonyl (C=O) groups is 2. The first-order valence-corrected chi connectivity index (χ1v) is 5.57. The van der Waals surface area contributed by atoms with E-state index in [9.17, 15) is 14.0 Å². The number of anilines is 1. The Morgan fingerprint density at radius 1 is 1.44 bits per heavy atom. The zero-order valence-corrected chi connectivity index (χ0v) is 9.09. The second kappa shape index (κ2) is 4.13. The molecular weight excluding hydrogens is 231 g/mol. The van der Waals surface area contributed by atoms with E-state index in [1.165, 1.54) is 18.2 Å². The van der Waals surface area contributed by atoms with Crippen LogP contribution in [0.25, 0.3) is 0 Å². The Balaban J connectivity index is 2.20. The van der Waals surface area contributed by atoms with Crippen LogP contribution >= 0.6 is 11.8 Å². The summed E-state index contributed by atoms with van der Waals surface area (Å²) >= 11 is 0.932. The Hall–Kier alpha value is -1.56. The lowest BCUT2D eigenvalue weighted by Gasteiger charge is -2.13. The van der Waals surface area contributed by atoms with Crippen molar-refractivity contribution in [2.45, 2.75) is 6.54 Å². The predicted octanol–water partition coefficient (Wildman–Crippen LogP) is 1.60. The molecule has 0 unspecified atom stereocenters. The van der Waals surface area contributed by atoms with E-state index in [1.54, 1.807) is 0 Å². The van der Waals surface area contributed by atoms with Gasteiger partial charge in [0.2, 0.25) is 5.91 Å². The monoisotopic (exact) mass is 240 g/mol. The third kappa shape index (κ3) is 2.01. The molecule has 1 aromatic rings. The van der Waals surface area contributed by atoms with Gasteiger partial charge in [-0.2, -0.15) is 0 Å². The number of thioether (sulfide) groups is 1. The Bertz CT molecular complexity index is 448. The van der Waals surface area contributed by atoms with Gasteiger partial charge >= 0.3 is 0 Å². The number of nitrogen functional groups attached to an aromatic ring is 1. The highest BCUT2D eigenvalue weighted by Gasteiger charge is 2.30. The number of nitrogens with two attached hydrogens (primary N) is 1. The number of amides is 2. The molecule has 1 heterocycles. The minimum absolute atomic E-state index is 0.0310. The largest absolute Gasteiger partial charge is 0.399 e. The van der Waals surface area contributed by atoms with Crippen molar-refractivity contribution in [3.05, 3.63) is 29.6 Å². The summed E-state index contributed by atoms with van der Waals surface area (Å²) in [5.41, 5.74) is 6.00. The van der Waals surface area contributed by atoms with Crippen LogP contribution in [0.4, 0.5) is 14.9 Å². The smallest absolute Gasteiger partial charge is 0.289 e. The van der Waals surface area contributed by atoms with E-state index < -0.39 is 5.82 Å². The predicted molar refractivity (Wildman–Crippen MR) is 59.2 cm³/mol. The fourth-order valence-electron chi connectivity index (χ4n) is 1.40. The van der Waals surface area contributed by atoms with Gasteiger partial charge in [-0.15, -0.1) is 0 Å². The molecule has 0 radical (unpaired) electrons. The van der Waals surface area contributed by atoms with E-state index in [1.807, 2.05) is 0 Å². The average Bonchev–Trinajstić information content (AvgIpc) is 2.53. The molecule has 6 heteroatoms. The Morgan fingerprint density at radius 3 is 2.75 bits per heavy atom. The van der Waals surface area contributed by atoms with Crippen molar-refractivity contribution in [3.8, 4) is 0 Å². The van der Waals surface area contributed by atoms with Crippen LogP contribution in [0.15, 0.2) is 18.2 Å². The summed E-state index contributed by atoms with van der Waals surface area (Å²) in [6, 6.07) is 4.19.